The third-order valence-corrected chi connectivity index (χ3v) is 4.62. The van der Waals surface area contributed by atoms with Gasteiger partial charge >= 0.3 is 0 Å². The molecule has 0 radical (unpaired) electrons. The normalized spacial score (nSPS) is 25.2. The summed E-state index contributed by atoms with van der Waals surface area (Å²) in [7, 11) is 4.16. The van der Waals surface area contributed by atoms with E-state index in [9.17, 15) is 4.79 Å². The van der Waals surface area contributed by atoms with Gasteiger partial charge in [0.05, 0.1) is 6.04 Å². The molecule has 2 unspecified atom stereocenters. The van der Waals surface area contributed by atoms with Crippen LogP contribution in [0.4, 0.5) is 0 Å². The summed E-state index contributed by atoms with van der Waals surface area (Å²) in [4.78, 5) is 17.1. The molecule has 21 heavy (non-hydrogen) atoms. The number of carbonyl (C=O) groups excluding carboxylic acids is 1. The summed E-state index contributed by atoms with van der Waals surface area (Å²) in [6.45, 7) is 2.69. The molecule has 2 heterocycles. The monoisotopic (exact) mass is 287 g/mol. The topological polar surface area (TPSA) is 35.6 Å². The number of nitrogens with zero attached hydrogens (tertiary/aromatic N) is 2. The summed E-state index contributed by atoms with van der Waals surface area (Å²) < 4.78 is 0. The first-order chi connectivity index (χ1) is 10.1. The lowest BCUT2D eigenvalue weighted by molar-refractivity contribution is -0.134. The van der Waals surface area contributed by atoms with Gasteiger partial charge < -0.3 is 15.1 Å². The van der Waals surface area contributed by atoms with Gasteiger partial charge in [-0.15, -0.1) is 0 Å². The fourth-order valence-corrected chi connectivity index (χ4v) is 3.57. The number of benzene rings is 1. The quantitative estimate of drug-likeness (QED) is 0.909. The maximum Gasteiger partial charge on any atom is 0.240 e. The summed E-state index contributed by atoms with van der Waals surface area (Å²) >= 11 is 0. The van der Waals surface area contributed by atoms with Gasteiger partial charge in [-0.25, -0.2) is 0 Å². The van der Waals surface area contributed by atoms with Gasteiger partial charge in [-0.05, 0) is 44.5 Å². The van der Waals surface area contributed by atoms with E-state index in [0.717, 1.165) is 38.9 Å². The molecule has 1 aromatic carbocycles. The van der Waals surface area contributed by atoms with Crippen LogP contribution in [-0.2, 0) is 17.8 Å². The van der Waals surface area contributed by atoms with Crippen LogP contribution in [0.1, 0.15) is 24.0 Å². The van der Waals surface area contributed by atoms with Gasteiger partial charge in [0.15, 0.2) is 0 Å². The summed E-state index contributed by atoms with van der Waals surface area (Å²) in [6, 6.07) is 8.76. The van der Waals surface area contributed by atoms with Crippen molar-refractivity contribution in [2.45, 2.75) is 37.9 Å². The Labute approximate surface area is 127 Å². The highest BCUT2D eigenvalue weighted by molar-refractivity contribution is 5.83. The highest BCUT2D eigenvalue weighted by Crippen LogP contribution is 2.22. The maximum atomic E-state index is 12.8. The zero-order valence-corrected chi connectivity index (χ0v) is 13.0. The van der Waals surface area contributed by atoms with Gasteiger partial charge in [-0.1, -0.05) is 24.3 Å². The van der Waals surface area contributed by atoms with E-state index < -0.39 is 0 Å². The number of fused-ring (bicyclic) bond motifs is 1. The third kappa shape index (κ3) is 3.11. The minimum atomic E-state index is -0.0531. The summed E-state index contributed by atoms with van der Waals surface area (Å²) in [6.07, 6.45) is 3.08. The summed E-state index contributed by atoms with van der Waals surface area (Å²) in [5.41, 5.74) is 2.64. The van der Waals surface area contributed by atoms with Crippen LogP contribution >= 0.6 is 0 Å². The van der Waals surface area contributed by atoms with Crippen LogP contribution in [0, 0.1) is 0 Å². The highest BCUT2D eigenvalue weighted by atomic mass is 16.2. The molecule has 3 rings (SSSR count). The minimum absolute atomic E-state index is 0.0531. The van der Waals surface area contributed by atoms with E-state index in [1.165, 1.54) is 11.1 Å². The Hall–Kier alpha value is -1.39. The first-order valence-electron chi connectivity index (χ1n) is 7.90. The van der Waals surface area contributed by atoms with E-state index >= 15 is 0 Å². The molecule has 0 aromatic heterocycles. The van der Waals surface area contributed by atoms with E-state index in [-0.39, 0.29) is 11.9 Å². The van der Waals surface area contributed by atoms with Gasteiger partial charge in [0.25, 0.3) is 0 Å². The lowest BCUT2D eigenvalue weighted by Crippen LogP contribution is -2.52. The minimum Gasteiger partial charge on any atom is -0.337 e. The van der Waals surface area contributed by atoms with Crippen molar-refractivity contribution in [3.8, 4) is 0 Å². The van der Waals surface area contributed by atoms with Crippen molar-refractivity contribution in [3.05, 3.63) is 35.4 Å². The van der Waals surface area contributed by atoms with Gasteiger partial charge in [-0.3, -0.25) is 4.79 Å². The molecule has 114 valence electrons. The Morgan fingerprint density at radius 1 is 1.33 bits per heavy atom. The fraction of sp³-hybridized carbons (Fsp3) is 0.588. The lowest BCUT2D eigenvalue weighted by atomic mass is 9.95. The highest BCUT2D eigenvalue weighted by Gasteiger charge is 2.34. The average molecular weight is 287 g/mol. The zero-order valence-electron chi connectivity index (χ0n) is 13.0. The van der Waals surface area contributed by atoms with Gasteiger partial charge in [0.2, 0.25) is 5.91 Å². The molecule has 1 aromatic rings. The molecule has 0 saturated carbocycles. The SMILES string of the molecule is CN(C)CC1CCCN1C(=O)C1Cc2ccccc2CN1. The number of hydrogen-bond acceptors (Lipinski definition) is 3. The molecule has 2 atom stereocenters. The van der Waals surface area contributed by atoms with Crippen LogP contribution in [-0.4, -0.2) is 55.0 Å². The van der Waals surface area contributed by atoms with E-state index in [1.807, 2.05) is 0 Å². The Bertz CT molecular complexity index is 515. The van der Waals surface area contributed by atoms with E-state index in [1.54, 1.807) is 0 Å². The predicted octanol–water partition coefficient (Wildman–Crippen LogP) is 1.25. The molecule has 1 amide bonds. The van der Waals surface area contributed by atoms with Crippen molar-refractivity contribution in [3.63, 3.8) is 0 Å². The maximum absolute atomic E-state index is 12.8. The molecule has 2 aliphatic heterocycles. The van der Waals surface area contributed by atoms with E-state index in [4.69, 9.17) is 0 Å². The van der Waals surface area contributed by atoms with Crippen molar-refractivity contribution in [2.75, 3.05) is 27.2 Å². The molecule has 4 nitrogen and oxygen atoms in total. The number of hydrogen-bond donors (Lipinski definition) is 1. The first-order valence-corrected chi connectivity index (χ1v) is 7.90. The number of likely N-dealkylation sites (N-methyl/N-ethyl adjacent to an activating group) is 1. The molecular formula is C17H25N3O. The zero-order chi connectivity index (χ0) is 14.8. The number of amides is 1. The smallest absolute Gasteiger partial charge is 0.240 e. The Morgan fingerprint density at radius 2 is 2.10 bits per heavy atom. The van der Waals surface area contributed by atoms with Crippen molar-refractivity contribution in [1.29, 1.82) is 0 Å². The number of likely N-dealkylation sites (tertiary alicyclic amines) is 1. The second-order valence-electron chi connectivity index (χ2n) is 6.50. The van der Waals surface area contributed by atoms with Crippen LogP contribution in [0.2, 0.25) is 0 Å². The first kappa shape index (κ1) is 14.5. The molecule has 1 fully saturated rings. The third-order valence-electron chi connectivity index (χ3n) is 4.62. The average Bonchev–Trinajstić information content (AvgIpc) is 2.93. The van der Waals surface area contributed by atoms with Gasteiger partial charge in [0, 0.05) is 25.7 Å². The fourth-order valence-electron chi connectivity index (χ4n) is 3.57. The molecular weight excluding hydrogens is 262 g/mol. The number of nitrogens with one attached hydrogen (secondary N) is 1. The molecule has 1 saturated heterocycles. The second kappa shape index (κ2) is 6.16. The summed E-state index contributed by atoms with van der Waals surface area (Å²) in [5.74, 6) is 0.286. The van der Waals surface area contributed by atoms with Crippen molar-refractivity contribution >= 4 is 5.91 Å². The molecule has 4 heteroatoms. The molecule has 1 N–H and O–H groups in total. The standard InChI is InChI=1S/C17H25N3O/c1-19(2)12-15-8-5-9-20(15)17(21)16-10-13-6-3-4-7-14(13)11-18-16/h3-4,6-7,15-16,18H,5,8-12H2,1-2H3. The summed E-state index contributed by atoms with van der Waals surface area (Å²) in [5, 5.41) is 3.42. The lowest BCUT2D eigenvalue weighted by Gasteiger charge is -2.33. The van der Waals surface area contributed by atoms with Crippen molar-refractivity contribution in [1.82, 2.24) is 15.1 Å². The van der Waals surface area contributed by atoms with E-state index in [2.05, 4.69) is 53.5 Å². The predicted molar refractivity (Wildman–Crippen MR) is 84.1 cm³/mol. The van der Waals surface area contributed by atoms with Crippen LogP contribution < -0.4 is 5.32 Å². The van der Waals surface area contributed by atoms with Crippen LogP contribution in [0.15, 0.2) is 24.3 Å². The number of rotatable bonds is 3. The number of carbonyl (C=O) groups is 1. The Balaban J connectivity index is 1.68. The molecule has 0 aliphatic carbocycles. The molecule has 2 aliphatic rings. The van der Waals surface area contributed by atoms with Crippen LogP contribution in [0.5, 0.6) is 0 Å². The van der Waals surface area contributed by atoms with Gasteiger partial charge in [0.1, 0.15) is 0 Å². The van der Waals surface area contributed by atoms with E-state index in [0.29, 0.717) is 6.04 Å². The van der Waals surface area contributed by atoms with Gasteiger partial charge in [-0.2, -0.15) is 0 Å². The largest absolute Gasteiger partial charge is 0.337 e. The Morgan fingerprint density at radius 3 is 2.86 bits per heavy atom. The van der Waals surface area contributed by atoms with Crippen molar-refractivity contribution in [2.24, 2.45) is 0 Å². The van der Waals surface area contributed by atoms with Crippen LogP contribution in [0.25, 0.3) is 0 Å². The van der Waals surface area contributed by atoms with Crippen LogP contribution in [0.3, 0.4) is 0 Å². The molecule has 0 spiro atoms. The molecule has 0 bridgehead atoms. The second-order valence-corrected chi connectivity index (χ2v) is 6.50. The Kier molecular flexibility index (Phi) is 4.27. The van der Waals surface area contributed by atoms with Crippen molar-refractivity contribution < 1.29 is 4.79 Å².